The van der Waals surface area contributed by atoms with Crippen LogP contribution in [-0.2, 0) is 13.1 Å². The van der Waals surface area contributed by atoms with Crippen LogP contribution in [0.5, 0.6) is 0 Å². The third kappa shape index (κ3) is 5.78. The molecule has 5 heteroatoms. The third-order valence-electron chi connectivity index (χ3n) is 5.58. The van der Waals surface area contributed by atoms with Gasteiger partial charge in [-0.2, -0.15) is 0 Å². The number of nitrogens with one attached hydrogen (secondary N) is 1. The number of aromatic nitrogens is 1. The minimum Gasteiger partial charge on any atom is -0.345 e. The van der Waals surface area contributed by atoms with Crippen LogP contribution in [0.25, 0.3) is 0 Å². The predicted octanol–water partition coefficient (Wildman–Crippen LogP) is 5.83. The molecule has 1 aromatic carbocycles. The van der Waals surface area contributed by atoms with Crippen LogP contribution in [0.2, 0.25) is 5.02 Å². The topological polar surface area (TPSA) is 37.3 Å². The molecule has 0 radical (unpaired) electrons. The summed E-state index contributed by atoms with van der Waals surface area (Å²) >= 11 is 6.34. The predicted molar refractivity (Wildman–Crippen MR) is 116 cm³/mol. The summed E-state index contributed by atoms with van der Waals surface area (Å²) < 4.78 is 2.19. The maximum atomic E-state index is 13.0. The molecule has 1 aromatic heterocycles. The minimum absolute atomic E-state index is 0.0749. The van der Waals surface area contributed by atoms with Crippen LogP contribution in [0.3, 0.4) is 0 Å². The number of halogens is 1. The number of carbonyl (C=O) groups is 1. The summed E-state index contributed by atoms with van der Waals surface area (Å²) in [5.74, 6) is 0. The van der Waals surface area contributed by atoms with Crippen molar-refractivity contribution in [1.82, 2.24) is 14.8 Å². The number of benzene rings is 1. The van der Waals surface area contributed by atoms with Crippen LogP contribution < -0.4 is 5.32 Å². The van der Waals surface area contributed by atoms with E-state index < -0.39 is 0 Å². The summed E-state index contributed by atoms with van der Waals surface area (Å²) in [6, 6.07) is 12.5. The van der Waals surface area contributed by atoms with Crippen molar-refractivity contribution < 1.29 is 4.79 Å². The van der Waals surface area contributed by atoms with E-state index in [9.17, 15) is 4.79 Å². The molecule has 1 aliphatic carbocycles. The van der Waals surface area contributed by atoms with Crippen LogP contribution in [0, 0.1) is 0 Å². The molecule has 0 atom stereocenters. The first-order chi connectivity index (χ1) is 13.7. The molecule has 0 aliphatic heterocycles. The molecule has 0 spiro atoms. The van der Waals surface area contributed by atoms with Gasteiger partial charge in [-0.3, -0.25) is 0 Å². The van der Waals surface area contributed by atoms with Gasteiger partial charge < -0.3 is 14.8 Å². The van der Waals surface area contributed by atoms with Crippen LogP contribution >= 0.6 is 11.6 Å². The van der Waals surface area contributed by atoms with E-state index in [0.717, 1.165) is 48.5 Å². The van der Waals surface area contributed by atoms with Crippen LogP contribution in [-0.4, -0.2) is 28.1 Å². The van der Waals surface area contributed by atoms with Crippen molar-refractivity contribution in [3.63, 3.8) is 0 Å². The number of amides is 2. The number of rotatable bonds is 8. The van der Waals surface area contributed by atoms with Crippen LogP contribution in [0.15, 0.2) is 42.6 Å². The number of hydrogen-bond donors (Lipinski definition) is 1. The molecule has 1 fully saturated rings. The Balaban J connectivity index is 1.68. The molecule has 0 bridgehead atoms. The van der Waals surface area contributed by atoms with E-state index in [0.29, 0.717) is 19.1 Å². The molecule has 1 heterocycles. The highest BCUT2D eigenvalue weighted by Crippen LogP contribution is 2.20. The average molecular weight is 402 g/mol. The Hall–Kier alpha value is -1.94. The van der Waals surface area contributed by atoms with Gasteiger partial charge in [-0.15, -0.1) is 0 Å². The standard InChI is InChI=1S/C23H32ClN3O/c1-2-3-15-27(23(28)25-20-11-5-4-6-12-20)18-21-13-9-16-26(21)17-19-10-7-8-14-22(19)24/h7-10,13-14,16,20H,2-6,11-12,15,17-18H2,1H3,(H,25,28). The molecule has 28 heavy (non-hydrogen) atoms. The van der Waals surface area contributed by atoms with Gasteiger partial charge in [0.2, 0.25) is 0 Å². The second kappa shape index (κ2) is 10.6. The van der Waals surface area contributed by atoms with Crippen molar-refractivity contribution in [3.8, 4) is 0 Å². The monoisotopic (exact) mass is 401 g/mol. The van der Waals surface area contributed by atoms with E-state index >= 15 is 0 Å². The maximum absolute atomic E-state index is 13.0. The smallest absolute Gasteiger partial charge is 0.317 e. The zero-order chi connectivity index (χ0) is 19.8. The lowest BCUT2D eigenvalue weighted by atomic mass is 9.96. The lowest BCUT2D eigenvalue weighted by Gasteiger charge is -2.29. The highest BCUT2D eigenvalue weighted by molar-refractivity contribution is 6.31. The molecule has 152 valence electrons. The summed E-state index contributed by atoms with van der Waals surface area (Å²) in [5, 5.41) is 4.05. The van der Waals surface area contributed by atoms with Crippen molar-refractivity contribution in [1.29, 1.82) is 0 Å². The number of unbranched alkanes of at least 4 members (excludes halogenated alkanes) is 1. The molecule has 2 aromatic rings. The lowest BCUT2D eigenvalue weighted by molar-refractivity contribution is 0.185. The third-order valence-corrected chi connectivity index (χ3v) is 5.95. The van der Waals surface area contributed by atoms with Gasteiger partial charge in [0, 0.05) is 36.0 Å². The fraction of sp³-hybridized carbons (Fsp3) is 0.522. The number of carbonyl (C=O) groups excluding carboxylic acids is 1. The molecule has 1 aliphatic rings. The molecule has 3 rings (SSSR count). The van der Waals surface area contributed by atoms with Gasteiger partial charge in [0.1, 0.15) is 0 Å². The van der Waals surface area contributed by atoms with Crippen molar-refractivity contribution >= 4 is 17.6 Å². The van der Waals surface area contributed by atoms with E-state index in [1.807, 2.05) is 29.2 Å². The molecule has 4 nitrogen and oxygen atoms in total. The van der Waals surface area contributed by atoms with Crippen molar-refractivity contribution in [2.45, 2.75) is 71.0 Å². The number of hydrogen-bond acceptors (Lipinski definition) is 1. The van der Waals surface area contributed by atoms with E-state index in [-0.39, 0.29) is 6.03 Å². The normalized spacial score (nSPS) is 14.8. The van der Waals surface area contributed by atoms with Gasteiger partial charge in [-0.05, 0) is 43.0 Å². The maximum Gasteiger partial charge on any atom is 0.317 e. The Morgan fingerprint density at radius 3 is 2.71 bits per heavy atom. The van der Waals surface area contributed by atoms with E-state index in [1.165, 1.54) is 19.3 Å². The van der Waals surface area contributed by atoms with Gasteiger partial charge >= 0.3 is 6.03 Å². The molecule has 0 unspecified atom stereocenters. The molecular formula is C23H32ClN3O. The van der Waals surface area contributed by atoms with Crippen molar-refractivity contribution in [2.75, 3.05) is 6.54 Å². The summed E-state index contributed by atoms with van der Waals surface area (Å²) in [7, 11) is 0. The van der Waals surface area contributed by atoms with Gasteiger partial charge in [0.25, 0.3) is 0 Å². The molecular weight excluding hydrogens is 370 g/mol. The fourth-order valence-corrected chi connectivity index (χ4v) is 4.06. The summed E-state index contributed by atoms with van der Waals surface area (Å²) in [6.07, 6.45) is 10.1. The molecule has 1 saturated carbocycles. The van der Waals surface area contributed by atoms with Gasteiger partial charge in [0.15, 0.2) is 0 Å². The Morgan fingerprint density at radius 1 is 1.18 bits per heavy atom. The summed E-state index contributed by atoms with van der Waals surface area (Å²) in [4.78, 5) is 14.9. The fourth-order valence-electron chi connectivity index (χ4n) is 3.87. The van der Waals surface area contributed by atoms with Crippen molar-refractivity contribution in [3.05, 3.63) is 58.9 Å². The van der Waals surface area contributed by atoms with E-state index in [2.05, 4.69) is 35.1 Å². The van der Waals surface area contributed by atoms with Crippen LogP contribution in [0.1, 0.15) is 63.1 Å². The van der Waals surface area contributed by atoms with E-state index in [1.54, 1.807) is 0 Å². The highest BCUT2D eigenvalue weighted by atomic mass is 35.5. The zero-order valence-corrected chi connectivity index (χ0v) is 17.6. The minimum atomic E-state index is 0.0749. The quantitative estimate of drug-likeness (QED) is 0.593. The zero-order valence-electron chi connectivity index (χ0n) is 16.9. The summed E-state index contributed by atoms with van der Waals surface area (Å²) in [5.41, 5.74) is 2.23. The first-order valence-corrected chi connectivity index (χ1v) is 11.0. The van der Waals surface area contributed by atoms with Gasteiger partial charge in [0.05, 0.1) is 6.54 Å². The Labute approximate surface area is 173 Å². The average Bonchev–Trinajstić information content (AvgIpc) is 3.14. The second-order valence-electron chi connectivity index (χ2n) is 7.78. The highest BCUT2D eigenvalue weighted by Gasteiger charge is 2.20. The second-order valence-corrected chi connectivity index (χ2v) is 8.19. The Morgan fingerprint density at radius 2 is 1.96 bits per heavy atom. The largest absolute Gasteiger partial charge is 0.345 e. The Bertz CT molecular complexity index is 752. The molecule has 0 saturated heterocycles. The van der Waals surface area contributed by atoms with Gasteiger partial charge in [-0.1, -0.05) is 62.4 Å². The molecule has 1 N–H and O–H groups in total. The Kier molecular flexibility index (Phi) is 7.84. The van der Waals surface area contributed by atoms with Crippen LogP contribution in [0.4, 0.5) is 4.79 Å². The van der Waals surface area contributed by atoms with Gasteiger partial charge in [-0.25, -0.2) is 4.79 Å². The first kappa shape index (κ1) is 20.8. The lowest BCUT2D eigenvalue weighted by Crippen LogP contribution is -2.45. The van der Waals surface area contributed by atoms with E-state index in [4.69, 9.17) is 11.6 Å². The molecule has 2 amide bonds. The van der Waals surface area contributed by atoms with Crippen molar-refractivity contribution in [2.24, 2.45) is 0 Å². The number of nitrogens with zero attached hydrogens (tertiary/aromatic N) is 2. The number of urea groups is 1. The summed E-state index contributed by atoms with van der Waals surface area (Å²) in [6.45, 7) is 4.29. The first-order valence-electron chi connectivity index (χ1n) is 10.6. The SMILES string of the molecule is CCCCN(Cc1cccn1Cc1ccccc1Cl)C(=O)NC1CCCCC1.